The van der Waals surface area contributed by atoms with E-state index in [0.29, 0.717) is 29.1 Å². The normalized spacial score (nSPS) is 18.0. The lowest BCUT2D eigenvalue weighted by atomic mass is 10.1. The Balaban J connectivity index is 1.43. The number of anilines is 1. The number of fused-ring (bicyclic) bond motifs is 1. The van der Waals surface area contributed by atoms with Crippen LogP contribution in [0.3, 0.4) is 0 Å². The summed E-state index contributed by atoms with van der Waals surface area (Å²) in [5.41, 5.74) is 2.32. The molecule has 0 spiro atoms. The number of rotatable bonds is 4. The Morgan fingerprint density at radius 2 is 2.03 bits per heavy atom. The number of carbonyl (C=O) groups is 4. The summed E-state index contributed by atoms with van der Waals surface area (Å²) in [4.78, 5) is 50.3. The molecule has 1 fully saturated rings. The van der Waals surface area contributed by atoms with E-state index in [1.807, 2.05) is 6.92 Å². The van der Waals surface area contributed by atoms with E-state index in [-0.39, 0.29) is 36.5 Å². The maximum absolute atomic E-state index is 14.7. The second-order valence-corrected chi connectivity index (χ2v) is 8.53. The number of benzene rings is 2. The molecule has 2 aliphatic rings. The van der Waals surface area contributed by atoms with Gasteiger partial charge in [0.25, 0.3) is 5.91 Å². The van der Waals surface area contributed by atoms with Crippen molar-refractivity contribution in [1.29, 1.82) is 0 Å². The molecule has 8 nitrogen and oxygen atoms in total. The number of nitrogens with zero attached hydrogens (tertiary/aromatic N) is 1. The molecule has 4 rings (SSSR count). The van der Waals surface area contributed by atoms with Crippen molar-refractivity contribution in [2.45, 2.75) is 45.3 Å². The number of aryl methyl sites for hydroxylation is 1. The van der Waals surface area contributed by atoms with E-state index in [2.05, 4.69) is 16.0 Å². The standard InChI is InChI=1S/C23H22ClFN4O4/c1-12-5-6-15(8-17(12)24)27-23(33)26-10-13-7-14-11-29(22(32)16(14)9-18(13)25)19-3-2-4-20(30)28-21(19)31/h5-9,19H,2-4,10-11H2,1H3,(H2,26,27,33)(H,28,30,31). The molecule has 0 aromatic heterocycles. The lowest BCUT2D eigenvalue weighted by molar-refractivity contribution is -0.132. The first-order valence-corrected chi connectivity index (χ1v) is 10.9. The first-order valence-electron chi connectivity index (χ1n) is 10.5. The summed E-state index contributed by atoms with van der Waals surface area (Å²) in [7, 11) is 0. The van der Waals surface area contributed by atoms with Crippen LogP contribution in [0.4, 0.5) is 14.9 Å². The number of urea groups is 1. The van der Waals surface area contributed by atoms with Gasteiger partial charge in [0.2, 0.25) is 11.8 Å². The minimum Gasteiger partial charge on any atom is -0.334 e. The number of carbonyl (C=O) groups excluding carboxylic acids is 4. The van der Waals surface area contributed by atoms with Crippen molar-refractivity contribution in [3.05, 3.63) is 63.4 Å². The second kappa shape index (κ2) is 9.19. The van der Waals surface area contributed by atoms with E-state index in [1.165, 1.54) is 11.0 Å². The molecule has 1 atom stereocenters. The van der Waals surface area contributed by atoms with Crippen LogP contribution in [0.2, 0.25) is 5.02 Å². The summed E-state index contributed by atoms with van der Waals surface area (Å²) >= 11 is 6.06. The Bertz CT molecular complexity index is 1170. The quantitative estimate of drug-likeness (QED) is 0.593. The Morgan fingerprint density at radius 1 is 1.24 bits per heavy atom. The minimum atomic E-state index is -0.784. The highest BCUT2D eigenvalue weighted by molar-refractivity contribution is 6.31. The third kappa shape index (κ3) is 4.83. The second-order valence-electron chi connectivity index (χ2n) is 8.13. The molecule has 0 aliphatic carbocycles. The summed E-state index contributed by atoms with van der Waals surface area (Å²) in [6.45, 7) is 1.87. The highest BCUT2D eigenvalue weighted by Crippen LogP contribution is 2.29. The van der Waals surface area contributed by atoms with Gasteiger partial charge in [-0.05, 0) is 55.2 Å². The van der Waals surface area contributed by atoms with Gasteiger partial charge in [0.05, 0.1) is 0 Å². The lowest BCUT2D eigenvalue weighted by Gasteiger charge is -2.24. The van der Waals surface area contributed by atoms with Gasteiger partial charge < -0.3 is 15.5 Å². The van der Waals surface area contributed by atoms with Crippen LogP contribution in [0, 0.1) is 12.7 Å². The van der Waals surface area contributed by atoms with E-state index >= 15 is 0 Å². The zero-order valence-corrected chi connectivity index (χ0v) is 18.6. The van der Waals surface area contributed by atoms with Gasteiger partial charge in [0.1, 0.15) is 11.9 Å². The van der Waals surface area contributed by atoms with Gasteiger partial charge in [-0.15, -0.1) is 0 Å². The average molecular weight is 473 g/mol. The zero-order valence-electron chi connectivity index (χ0n) is 17.8. The smallest absolute Gasteiger partial charge is 0.319 e. The Morgan fingerprint density at radius 3 is 2.79 bits per heavy atom. The summed E-state index contributed by atoms with van der Waals surface area (Å²) in [5, 5.41) is 8.02. The highest BCUT2D eigenvalue weighted by atomic mass is 35.5. The van der Waals surface area contributed by atoms with E-state index in [0.717, 1.165) is 11.6 Å². The largest absolute Gasteiger partial charge is 0.334 e. The molecule has 10 heteroatoms. The van der Waals surface area contributed by atoms with Crippen LogP contribution < -0.4 is 16.0 Å². The van der Waals surface area contributed by atoms with Crippen LogP contribution >= 0.6 is 11.6 Å². The first kappa shape index (κ1) is 22.7. The van der Waals surface area contributed by atoms with Crippen molar-refractivity contribution in [1.82, 2.24) is 15.5 Å². The van der Waals surface area contributed by atoms with Gasteiger partial charge in [-0.2, -0.15) is 0 Å². The Kier molecular flexibility index (Phi) is 6.33. The number of halogens is 2. The maximum Gasteiger partial charge on any atom is 0.319 e. The van der Waals surface area contributed by atoms with Gasteiger partial charge in [-0.1, -0.05) is 17.7 Å². The molecule has 33 heavy (non-hydrogen) atoms. The van der Waals surface area contributed by atoms with Gasteiger partial charge in [-0.3, -0.25) is 19.7 Å². The van der Waals surface area contributed by atoms with Crippen LogP contribution in [0.25, 0.3) is 0 Å². The molecule has 0 bridgehead atoms. The van der Waals surface area contributed by atoms with Crippen LogP contribution in [0.5, 0.6) is 0 Å². The van der Waals surface area contributed by atoms with Crippen molar-refractivity contribution < 1.29 is 23.6 Å². The molecule has 1 unspecified atom stereocenters. The third-order valence-electron chi connectivity index (χ3n) is 5.80. The first-order chi connectivity index (χ1) is 15.7. The van der Waals surface area contributed by atoms with Crippen LogP contribution in [0.15, 0.2) is 30.3 Å². The monoisotopic (exact) mass is 472 g/mol. The molecule has 0 radical (unpaired) electrons. The number of imide groups is 1. The predicted molar refractivity (Wildman–Crippen MR) is 119 cm³/mol. The van der Waals surface area contributed by atoms with Gasteiger partial charge in [0.15, 0.2) is 0 Å². The zero-order chi connectivity index (χ0) is 23.7. The molecule has 172 valence electrons. The molecular formula is C23H22ClFN4O4. The topological polar surface area (TPSA) is 108 Å². The highest BCUT2D eigenvalue weighted by Gasteiger charge is 2.38. The fourth-order valence-corrected chi connectivity index (χ4v) is 4.17. The van der Waals surface area contributed by atoms with Crippen LogP contribution in [0.1, 0.15) is 46.3 Å². The summed E-state index contributed by atoms with van der Waals surface area (Å²) in [5.74, 6) is -1.97. The van der Waals surface area contributed by atoms with E-state index in [1.54, 1.807) is 18.2 Å². The van der Waals surface area contributed by atoms with E-state index in [4.69, 9.17) is 11.6 Å². The molecule has 3 N–H and O–H groups in total. The number of amides is 5. The number of hydrogen-bond acceptors (Lipinski definition) is 4. The molecule has 1 saturated heterocycles. The molecule has 5 amide bonds. The molecule has 0 saturated carbocycles. The van der Waals surface area contributed by atoms with Crippen molar-refractivity contribution >= 4 is 41.0 Å². The Labute approximate surface area is 194 Å². The fraction of sp³-hybridized carbons (Fsp3) is 0.304. The summed E-state index contributed by atoms with van der Waals surface area (Å²) in [6.07, 6.45) is 1.06. The maximum atomic E-state index is 14.7. The molecule has 2 aromatic carbocycles. The van der Waals surface area contributed by atoms with Crippen molar-refractivity contribution in [2.24, 2.45) is 0 Å². The summed E-state index contributed by atoms with van der Waals surface area (Å²) in [6, 6.07) is 6.42. The van der Waals surface area contributed by atoms with Crippen LogP contribution in [-0.4, -0.2) is 34.7 Å². The van der Waals surface area contributed by atoms with Gasteiger partial charge in [0, 0.05) is 41.3 Å². The number of nitrogens with one attached hydrogen (secondary N) is 3. The van der Waals surface area contributed by atoms with Crippen molar-refractivity contribution in [2.75, 3.05) is 5.32 Å². The lowest BCUT2D eigenvalue weighted by Crippen LogP contribution is -2.46. The summed E-state index contributed by atoms with van der Waals surface area (Å²) < 4.78 is 14.7. The van der Waals surface area contributed by atoms with Gasteiger partial charge >= 0.3 is 6.03 Å². The van der Waals surface area contributed by atoms with Crippen LogP contribution in [-0.2, 0) is 22.7 Å². The SMILES string of the molecule is Cc1ccc(NC(=O)NCc2cc3c(cc2F)C(=O)N(C2CCCC(=O)NC2=O)C3)cc1Cl. The van der Waals surface area contributed by atoms with Crippen molar-refractivity contribution in [3.8, 4) is 0 Å². The molecule has 2 aliphatic heterocycles. The molecular weight excluding hydrogens is 451 g/mol. The van der Waals surface area contributed by atoms with Gasteiger partial charge in [-0.25, -0.2) is 9.18 Å². The number of hydrogen-bond donors (Lipinski definition) is 3. The third-order valence-corrected chi connectivity index (χ3v) is 6.20. The Hall–Kier alpha value is -3.46. The molecule has 2 heterocycles. The average Bonchev–Trinajstić information content (AvgIpc) is 2.96. The predicted octanol–water partition coefficient (Wildman–Crippen LogP) is 3.26. The molecule has 2 aromatic rings. The van der Waals surface area contributed by atoms with E-state index < -0.39 is 29.7 Å². The van der Waals surface area contributed by atoms with E-state index in [9.17, 15) is 23.6 Å². The minimum absolute atomic E-state index is 0.100. The van der Waals surface area contributed by atoms with Crippen molar-refractivity contribution in [3.63, 3.8) is 0 Å². The fourth-order valence-electron chi connectivity index (χ4n) is 3.99.